The second-order valence-corrected chi connectivity index (χ2v) is 4.44. The number of carbonyl (C=O) groups is 1. The normalized spacial score (nSPS) is 12.4. The average Bonchev–Trinajstić information content (AvgIpc) is 2.34. The molecule has 1 atom stereocenters. The SMILES string of the molecule is CCC(Sc1ccncc1)C(=NOC)C(=O)O.Cl. The van der Waals surface area contributed by atoms with Crippen LogP contribution in [-0.4, -0.2) is 34.1 Å². The lowest BCUT2D eigenvalue weighted by atomic mass is 10.2. The first-order chi connectivity index (χ1) is 8.19. The summed E-state index contributed by atoms with van der Waals surface area (Å²) in [5.41, 5.74) is 0.0248. The van der Waals surface area contributed by atoms with Gasteiger partial charge in [0.05, 0.1) is 5.25 Å². The first kappa shape index (κ1) is 16.7. The van der Waals surface area contributed by atoms with E-state index < -0.39 is 5.97 Å². The van der Waals surface area contributed by atoms with Crippen LogP contribution in [-0.2, 0) is 9.63 Å². The molecule has 0 fully saturated rings. The number of hydrogen-bond donors (Lipinski definition) is 1. The summed E-state index contributed by atoms with van der Waals surface area (Å²) in [5, 5.41) is 12.4. The van der Waals surface area contributed by atoms with Crippen molar-refractivity contribution < 1.29 is 14.7 Å². The topological polar surface area (TPSA) is 71.8 Å². The zero-order valence-electron chi connectivity index (χ0n) is 10.1. The summed E-state index contributed by atoms with van der Waals surface area (Å²) < 4.78 is 0. The van der Waals surface area contributed by atoms with Crippen molar-refractivity contribution >= 4 is 35.8 Å². The lowest BCUT2D eigenvalue weighted by molar-refractivity contribution is -0.129. The maximum atomic E-state index is 11.0. The Morgan fingerprint density at radius 2 is 2.17 bits per heavy atom. The number of rotatable bonds is 6. The van der Waals surface area contributed by atoms with Crippen LogP contribution in [0.4, 0.5) is 0 Å². The highest BCUT2D eigenvalue weighted by molar-refractivity contribution is 8.00. The highest BCUT2D eigenvalue weighted by atomic mass is 35.5. The number of aliphatic carboxylic acids is 1. The Hall–Kier alpha value is -1.27. The molecule has 0 saturated carbocycles. The lowest BCUT2D eigenvalue weighted by Crippen LogP contribution is -2.25. The van der Waals surface area contributed by atoms with E-state index in [9.17, 15) is 4.79 Å². The van der Waals surface area contributed by atoms with Crippen LogP contribution < -0.4 is 0 Å². The van der Waals surface area contributed by atoms with Gasteiger partial charge >= 0.3 is 5.97 Å². The Bertz CT molecular complexity index is 401. The van der Waals surface area contributed by atoms with Crippen LogP contribution in [0.5, 0.6) is 0 Å². The molecule has 0 amide bonds. The summed E-state index contributed by atoms with van der Waals surface area (Å²) in [6, 6.07) is 3.67. The molecule has 0 saturated heterocycles. The highest BCUT2D eigenvalue weighted by Crippen LogP contribution is 2.25. The van der Waals surface area contributed by atoms with E-state index >= 15 is 0 Å². The standard InChI is InChI=1S/C11H14N2O3S.ClH/c1-3-9(10(11(14)15)13-16-2)17-8-4-6-12-7-5-8;/h4-7,9H,3H2,1-2H3,(H,14,15);1H. The minimum Gasteiger partial charge on any atom is -0.477 e. The van der Waals surface area contributed by atoms with Crippen molar-refractivity contribution in [2.24, 2.45) is 5.16 Å². The van der Waals surface area contributed by atoms with Gasteiger partial charge in [0.2, 0.25) is 0 Å². The summed E-state index contributed by atoms with van der Waals surface area (Å²) in [4.78, 5) is 20.5. The van der Waals surface area contributed by atoms with E-state index in [2.05, 4.69) is 15.0 Å². The molecule has 0 radical (unpaired) electrons. The number of pyridine rings is 1. The average molecular weight is 291 g/mol. The zero-order valence-corrected chi connectivity index (χ0v) is 11.7. The summed E-state index contributed by atoms with van der Waals surface area (Å²) in [5.74, 6) is -1.06. The highest BCUT2D eigenvalue weighted by Gasteiger charge is 2.23. The first-order valence-corrected chi connectivity index (χ1v) is 5.98. The largest absolute Gasteiger partial charge is 0.477 e. The van der Waals surface area contributed by atoms with Crippen molar-refractivity contribution in [1.82, 2.24) is 4.98 Å². The Morgan fingerprint density at radius 1 is 1.56 bits per heavy atom. The number of thioether (sulfide) groups is 1. The summed E-state index contributed by atoms with van der Waals surface area (Å²) >= 11 is 1.43. The maximum Gasteiger partial charge on any atom is 0.354 e. The van der Waals surface area contributed by atoms with Gasteiger partial charge in [0, 0.05) is 17.3 Å². The number of hydrogen-bond acceptors (Lipinski definition) is 5. The predicted molar refractivity (Wildman–Crippen MR) is 73.5 cm³/mol. The van der Waals surface area contributed by atoms with Gasteiger partial charge < -0.3 is 9.94 Å². The van der Waals surface area contributed by atoms with Crippen LogP contribution in [0.15, 0.2) is 34.6 Å². The van der Waals surface area contributed by atoms with Crippen LogP contribution >= 0.6 is 24.2 Å². The Labute approximate surface area is 116 Å². The van der Waals surface area contributed by atoms with Gasteiger partial charge in [-0.05, 0) is 18.6 Å². The van der Waals surface area contributed by atoms with Gasteiger partial charge in [-0.2, -0.15) is 0 Å². The molecule has 1 N–H and O–H groups in total. The Morgan fingerprint density at radius 3 is 2.61 bits per heavy atom. The monoisotopic (exact) mass is 290 g/mol. The van der Waals surface area contributed by atoms with Crippen LogP contribution in [0.2, 0.25) is 0 Å². The zero-order chi connectivity index (χ0) is 12.7. The van der Waals surface area contributed by atoms with Gasteiger partial charge in [-0.3, -0.25) is 4.98 Å². The molecule has 0 spiro atoms. The Balaban J connectivity index is 0.00000289. The number of carboxylic acids is 1. The van der Waals surface area contributed by atoms with Crippen molar-refractivity contribution in [3.8, 4) is 0 Å². The van der Waals surface area contributed by atoms with E-state index in [1.807, 2.05) is 19.1 Å². The molecular weight excluding hydrogens is 276 g/mol. The molecule has 7 heteroatoms. The molecule has 1 aromatic rings. The molecule has 1 unspecified atom stereocenters. The van der Waals surface area contributed by atoms with Gasteiger partial charge in [-0.15, -0.1) is 24.2 Å². The third-order valence-corrected chi connectivity index (χ3v) is 3.40. The second-order valence-electron chi connectivity index (χ2n) is 3.16. The summed E-state index contributed by atoms with van der Waals surface area (Å²) in [6.45, 7) is 1.91. The van der Waals surface area contributed by atoms with Crippen molar-refractivity contribution in [2.45, 2.75) is 23.5 Å². The molecule has 5 nitrogen and oxygen atoms in total. The van der Waals surface area contributed by atoms with Crippen molar-refractivity contribution in [2.75, 3.05) is 7.11 Å². The van der Waals surface area contributed by atoms with E-state index in [1.54, 1.807) is 12.4 Å². The summed E-state index contributed by atoms with van der Waals surface area (Å²) in [7, 11) is 1.34. The lowest BCUT2D eigenvalue weighted by Gasteiger charge is -2.13. The van der Waals surface area contributed by atoms with Crippen molar-refractivity contribution in [3.05, 3.63) is 24.5 Å². The van der Waals surface area contributed by atoms with E-state index in [-0.39, 0.29) is 23.4 Å². The molecule has 0 aliphatic rings. The van der Waals surface area contributed by atoms with Gasteiger partial charge in [-0.25, -0.2) is 4.79 Å². The van der Waals surface area contributed by atoms with E-state index in [0.717, 1.165) is 4.90 Å². The fraction of sp³-hybridized carbons (Fsp3) is 0.364. The van der Waals surface area contributed by atoms with Gasteiger partial charge in [0.25, 0.3) is 0 Å². The minimum atomic E-state index is -1.06. The van der Waals surface area contributed by atoms with Gasteiger partial charge in [0.1, 0.15) is 7.11 Å². The molecule has 18 heavy (non-hydrogen) atoms. The fourth-order valence-corrected chi connectivity index (χ4v) is 2.28. The van der Waals surface area contributed by atoms with Gasteiger partial charge in [-0.1, -0.05) is 12.1 Å². The number of carboxylic acid groups (broad SMARTS) is 1. The number of nitrogens with zero attached hydrogens (tertiary/aromatic N) is 2. The predicted octanol–water partition coefficient (Wildman–Crippen LogP) is 2.46. The molecule has 1 aromatic heterocycles. The molecule has 0 aromatic carbocycles. The summed E-state index contributed by atoms with van der Waals surface area (Å²) in [6.07, 6.45) is 3.99. The van der Waals surface area contributed by atoms with E-state index in [1.165, 1.54) is 18.9 Å². The van der Waals surface area contributed by atoms with Crippen molar-refractivity contribution in [3.63, 3.8) is 0 Å². The smallest absolute Gasteiger partial charge is 0.354 e. The third-order valence-electron chi connectivity index (χ3n) is 2.01. The molecule has 0 aliphatic carbocycles. The van der Waals surface area contributed by atoms with E-state index in [4.69, 9.17) is 5.11 Å². The molecule has 0 bridgehead atoms. The molecule has 0 aliphatic heterocycles. The maximum absolute atomic E-state index is 11.0. The van der Waals surface area contributed by atoms with Crippen LogP contribution in [0, 0.1) is 0 Å². The van der Waals surface area contributed by atoms with Crippen LogP contribution in [0.3, 0.4) is 0 Å². The third kappa shape index (κ3) is 4.93. The first-order valence-electron chi connectivity index (χ1n) is 5.10. The van der Waals surface area contributed by atoms with E-state index in [0.29, 0.717) is 6.42 Å². The second kappa shape index (κ2) is 8.77. The van der Waals surface area contributed by atoms with Crippen LogP contribution in [0.1, 0.15) is 13.3 Å². The molecule has 1 heterocycles. The fourth-order valence-electron chi connectivity index (χ4n) is 1.25. The van der Waals surface area contributed by atoms with Gasteiger partial charge in [0.15, 0.2) is 5.71 Å². The molecule has 1 rings (SSSR count). The van der Waals surface area contributed by atoms with Crippen molar-refractivity contribution in [1.29, 1.82) is 0 Å². The quantitative estimate of drug-likeness (QED) is 0.495. The number of oxime groups is 1. The minimum absolute atomic E-state index is 0. The Kier molecular flexibility index (Phi) is 8.15. The molecule has 100 valence electrons. The number of halogens is 1. The number of aromatic nitrogens is 1. The molecular formula is C11H15ClN2O3S. The van der Waals surface area contributed by atoms with Crippen LogP contribution in [0.25, 0.3) is 0 Å².